The van der Waals surface area contributed by atoms with Crippen molar-refractivity contribution in [1.29, 1.82) is 0 Å². The Labute approximate surface area is 504 Å². The Morgan fingerprint density at radius 3 is 1.59 bits per heavy atom. The first-order chi connectivity index (χ1) is 41.3. The summed E-state index contributed by atoms with van der Waals surface area (Å²) < 4.78 is 0. The topological polar surface area (TPSA) is 437 Å². The van der Waals surface area contributed by atoms with Crippen LogP contribution in [0.3, 0.4) is 0 Å². The van der Waals surface area contributed by atoms with Crippen molar-refractivity contribution in [2.24, 2.45) is 23.3 Å². The summed E-state index contributed by atoms with van der Waals surface area (Å²) in [6.45, 7) is 6.54. The third-order valence-electron chi connectivity index (χ3n) is 14.3. The summed E-state index contributed by atoms with van der Waals surface area (Å²) in [5.41, 5.74) is 13.2. The fourth-order valence-corrected chi connectivity index (χ4v) is 9.53. The maximum atomic E-state index is 14.8. The van der Waals surface area contributed by atoms with Gasteiger partial charge in [-0.15, -0.1) is 0 Å². The number of nitrogens with one attached hydrogen (secondary N) is 8. The van der Waals surface area contributed by atoms with E-state index in [4.69, 9.17) is 11.5 Å². The molecule has 0 spiro atoms. The number of carboxylic acid groups (broad SMARTS) is 3. The molecule has 9 amide bonds. The van der Waals surface area contributed by atoms with Gasteiger partial charge in [0.1, 0.15) is 54.1 Å². The van der Waals surface area contributed by atoms with Crippen LogP contribution in [0.2, 0.25) is 0 Å². The molecule has 87 heavy (non-hydrogen) atoms. The van der Waals surface area contributed by atoms with Crippen LogP contribution in [0.25, 0.3) is 0 Å². The molecule has 27 nitrogen and oxygen atoms in total. The molecule has 1 aliphatic rings. The van der Waals surface area contributed by atoms with E-state index >= 15 is 0 Å². The largest absolute Gasteiger partial charge is 0.508 e. The lowest BCUT2D eigenvalue weighted by atomic mass is 9.99. The molecule has 27 heteroatoms. The number of likely N-dealkylation sites (tertiary alicyclic amines) is 1. The maximum absolute atomic E-state index is 14.8. The minimum atomic E-state index is -1.90. The number of hydrogen-bond donors (Lipinski definition) is 14. The number of carbonyl (C=O) groups is 12. The number of aromatic hydroxyl groups is 1. The first-order valence-corrected chi connectivity index (χ1v) is 28.9. The van der Waals surface area contributed by atoms with Crippen LogP contribution in [0.4, 0.5) is 0 Å². The van der Waals surface area contributed by atoms with Crippen LogP contribution < -0.4 is 54.0 Å². The predicted molar refractivity (Wildman–Crippen MR) is 315 cm³/mol. The lowest BCUT2D eigenvalue weighted by molar-refractivity contribution is -0.144. The van der Waals surface area contributed by atoms with E-state index in [0.717, 1.165) is 4.90 Å². The quantitative estimate of drug-likeness (QED) is 0.0327. The van der Waals surface area contributed by atoms with Gasteiger partial charge in [-0.25, -0.2) is 4.79 Å². The summed E-state index contributed by atoms with van der Waals surface area (Å²) in [5, 5.41) is 59.2. The van der Waals surface area contributed by atoms with Crippen molar-refractivity contribution in [3.8, 4) is 5.75 Å². The van der Waals surface area contributed by atoms with Crippen LogP contribution in [0.5, 0.6) is 5.75 Å². The van der Waals surface area contributed by atoms with Gasteiger partial charge in [-0.05, 0) is 92.1 Å². The van der Waals surface area contributed by atoms with Crippen LogP contribution in [-0.4, -0.2) is 170 Å². The zero-order valence-corrected chi connectivity index (χ0v) is 49.3. The molecule has 0 radical (unpaired) electrons. The van der Waals surface area contributed by atoms with E-state index in [9.17, 15) is 78.0 Å². The molecule has 1 heterocycles. The number of phenols is 1. The van der Waals surface area contributed by atoms with Crippen molar-refractivity contribution < 1.29 is 78.0 Å². The van der Waals surface area contributed by atoms with Gasteiger partial charge in [0.2, 0.25) is 53.2 Å². The Morgan fingerprint density at radius 2 is 1.06 bits per heavy atom. The first kappa shape index (κ1) is 70.5. The van der Waals surface area contributed by atoms with Gasteiger partial charge in [0.05, 0.1) is 19.0 Å². The molecule has 9 atom stereocenters. The molecule has 474 valence electrons. The summed E-state index contributed by atoms with van der Waals surface area (Å²) in [5.74, 6) is -12.8. The fourth-order valence-electron chi connectivity index (χ4n) is 9.53. The zero-order valence-electron chi connectivity index (χ0n) is 49.3. The van der Waals surface area contributed by atoms with E-state index in [-0.39, 0.29) is 69.1 Å². The van der Waals surface area contributed by atoms with Crippen LogP contribution in [-0.2, 0) is 76.8 Å². The number of aliphatic carboxylic acids is 3. The molecule has 0 saturated carbocycles. The van der Waals surface area contributed by atoms with E-state index in [1.165, 1.54) is 12.1 Å². The first-order valence-electron chi connectivity index (χ1n) is 28.9. The molecule has 3 aromatic rings. The number of rotatable bonds is 36. The second-order valence-electron chi connectivity index (χ2n) is 22.2. The lowest BCUT2D eigenvalue weighted by Gasteiger charge is -2.31. The number of nitrogens with two attached hydrogens (primary N) is 2. The van der Waals surface area contributed by atoms with Gasteiger partial charge in [-0.3, -0.25) is 52.7 Å². The number of carboxylic acids is 3. The number of unbranched alkanes of at least 4 members (excludes halogenated alkanes) is 1. The molecule has 0 aliphatic carbocycles. The van der Waals surface area contributed by atoms with Crippen LogP contribution >= 0.6 is 0 Å². The Hall–Kier alpha value is -8.98. The summed E-state index contributed by atoms with van der Waals surface area (Å²) in [4.78, 5) is 163. The molecule has 0 bridgehead atoms. The Morgan fingerprint density at radius 1 is 0.552 bits per heavy atom. The summed E-state index contributed by atoms with van der Waals surface area (Å²) in [7, 11) is 0. The van der Waals surface area contributed by atoms with Crippen molar-refractivity contribution in [2.75, 3.05) is 19.6 Å². The van der Waals surface area contributed by atoms with E-state index in [1.54, 1.807) is 100 Å². The molecule has 3 aromatic carbocycles. The number of amides is 9. The monoisotopic (exact) mass is 1210 g/mol. The van der Waals surface area contributed by atoms with E-state index in [0.29, 0.717) is 36.1 Å². The Bertz CT molecular complexity index is 2840. The van der Waals surface area contributed by atoms with Crippen molar-refractivity contribution in [3.05, 3.63) is 102 Å². The normalized spacial score (nSPS) is 15.6. The highest BCUT2D eigenvalue weighted by Crippen LogP contribution is 2.21. The van der Waals surface area contributed by atoms with Crippen molar-refractivity contribution >= 4 is 71.1 Å². The standard InChI is InChI=1S/C60H83N11O16/c1-34(2)28-42(66-55(81)44(69-58(84)51(62)35(3)4)30-38-20-22-39(72)23-21-38)53(79)67-43(29-36-14-7-5-8-15-36)54(80)68-45(32-50(76)77)56(82)70-46(31-37-16-9-6-10-17-37)59(85)71-27-13-19-47(71)57(83)65-40(24-25-49(74)75)52(78)63-33-48(73)64-41(60(86)87)18-11-12-26-61/h5-10,14-17,20-23,34-35,40-47,51,72H,11-13,18-19,24-33,61-62H2,1-4H3,(H,63,78)(H,64,73)(H,65,83)(H,66,81)(H,67,79)(H,68,80)(H,69,84)(H,70,82)(H,74,75)(H,76,77)(H,86,87)/t40-,41-,42-,43-,44-,45-,46-,47-,51-/m0/s1. The molecule has 0 aromatic heterocycles. The molecule has 16 N–H and O–H groups in total. The number of benzene rings is 3. The summed E-state index contributed by atoms with van der Waals surface area (Å²) >= 11 is 0. The number of nitrogens with zero attached hydrogens (tertiary/aromatic N) is 1. The van der Waals surface area contributed by atoms with E-state index in [2.05, 4.69) is 42.5 Å². The molecular formula is C60H83N11O16. The van der Waals surface area contributed by atoms with Gasteiger partial charge in [0.15, 0.2) is 0 Å². The zero-order chi connectivity index (χ0) is 64.3. The Kier molecular flexibility index (Phi) is 28.7. The molecule has 1 fully saturated rings. The van der Waals surface area contributed by atoms with Gasteiger partial charge < -0.3 is 79.3 Å². The lowest BCUT2D eigenvalue weighted by Crippen LogP contribution is -2.61. The predicted octanol–water partition coefficient (Wildman–Crippen LogP) is -0.497. The van der Waals surface area contributed by atoms with Crippen molar-refractivity contribution in [3.63, 3.8) is 0 Å². The fraction of sp³-hybridized carbons (Fsp3) is 0.500. The van der Waals surface area contributed by atoms with Crippen LogP contribution in [0.1, 0.15) is 102 Å². The molecular weight excluding hydrogens is 1130 g/mol. The van der Waals surface area contributed by atoms with Crippen LogP contribution in [0, 0.1) is 11.8 Å². The highest BCUT2D eigenvalue weighted by Gasteiger charge is 2.41. The van der Waals surface area contributed by atoms with Gasteiger partial charge in [-0.2, -0.15) is 0 Å². The average Bonchev–Trinajstić information content (AvgIpc) is 2.67. The van der Waals surface area contributed by atoms with E-state index in [1.807, 2.05) is 0 Å². The summed E-state index contributed by atoms with van der Waals surface area (Å²) in [6, 6.07) is 9.91. The van der Waals surface area contributed by atoms with Crippen molar-refractivity contribution in [1.82, 2.24) is 47.4 Å². The SMILES string of the molecule is CC(C)C[C@H](NC(=O)[C@H](Cc1ccc(O)cc1)NC(=O)[C@@H](N)C(C)C)C(=O)N[C@@H](Cc1ccccc1)C(=O)N[C@@H](CC(=O)O)C(=O)N[C@@H](Cc1ccccc1)C(=O)N1CCC[C@H]1C(=O)N[C@@H](CCC(=O)O)C(=O)NCC(=O)N[C@@H](CCCCN)C(=O)O. The highest BCUT2D eigenvalue weighted by molar-refractivity contribution is 5.99. The number of phenolic OH excluding ortho intramolecular Hbond substituents is 1. The van der Waals surface area contributed by atoms with E-state index < -0.39 is 151 Å². The summed E-state index contributed by atoms with van der Waals surface area (Å²) in [6.07, 6.45) is -1.33. The third kappa shape index (κ3) is 24.1. The minimum absolute atomic E-state index is 0.0262. The van der Waals surface area contributed by atoms with Gasteiger partial charge in [-0.1, -0.05) is 100 Å². The number of carbonyl (C=O) groups excluding carboxylic acids is 9. The Balaban J connectivity index is 1.60. The van der Waals surface area contributed by atoms with Crippen LogP contribution in [0.15, 0.2) is 84.9 Å². The number of hydrogen-bond acceptors (Lipinski definition) is 15. The average molecular weight is 1210 g/mol. The van der Waals surface area contributed by atoms with Crippen molar-refractivity contribution in [2.45, 2.75) is 159 Å². The van der Waals surface area contributed by atoms with Gasteiger partial charge >= 0.3 is 17.9 Å². The van der Waals surface area contributed by atoms with Gasteiger partial charge in [0.25, 0.3) is 0 Å². The molecule has 0 unspecified atom stereocenters. The minimum Gasteiger partial charge on any atom is -0.508 e. The second kappa shape index (κ2) is 35.5. The van der Waals surface area contributed by atoms with Gasteiger partial charge in [0, 0.05) is 32.2 Å². The third-order valence-corrected chi connectivity index (χ3v) is 14.3. The molecule has 4 rings (SSSR count). The smallest absolute Gasteiger partial charge is 0.326 e. The highest BCUT2D eigenvalue weighted by atomic mass is 16.4. The second-order valence-corrected chi connectivity index (χ2v) is 22.2. The maximum Gasteiger partial charge on any atom is 0.326 e. The molecule has 1 aliphatic heterocycles. The molecule has 1 saturated heterocycles.